The number of hydrogen-bond donors (Lipinski definition) is 2. The van der Waals surface area contributed by atoms with Crippen molar-refractivity contribution < 1.29 is 5.11 Å². The topological polar surface area (TPSA) is 50.1 Å². The van der Waals surface area contributed by atoms with E-state index in [1.807, 2.05) is 16.9 Å². The second-order valence-corrected chi connectivity index (χ2v) is 4.18. The van der Waals surface area contributed by atoms with Gasteiger partial charge in [-0.25, -0.2) is 0 Å². The van der Waals surface area contributed by atoms with Crippen LogP contribution in [0.5, 0.6) is 0 Å². The second-order valence-electron chi connectivity index (χ2n) is 4.18. The second kappa shape index (κ2) is 5.28. The van der Waals surface area contributed by atoms with E-state index in [9.17, 15) is 5.11 Å². The van der Waals surface area contributed by atoms with Gasteiger partial charge in [-0.1, -0.05) is 0 Å². The maximum atomic E-state index is 9.59. The Morgan fingerprint density at radius 3 is 3.07 bits per heavy atom. The van der Waals surface area contributed by atoms with Crippen LogP contribution in [0.25, 0.3) is 0 Å². The number of nitrogens with one attached hydrogen (secondary N) is 1. The zero-order valence-corrected chi connectivity index (χ0v) is 8.97. The van der Waals surface area contributed by atoms with E-state index >= 15 is 0 Å². The van der Waals surface area contributed by atoms with Crippen LogP contribution in [0.2, 0.25) is 0 Å². The van der Waals surface area contributed by atoms with Gasteiger partial charge in [-0.05, 0) is 38.3 Å². The molecule has 1 aliphatic carbocycles. The minimum absolute atomic E-state index is 0.130. The van der Waals surface area contributed by atoms with Crippen LogP contribution in [-0.2, 0) is 6.54 Å². The van der Waals surface area contributed by atoms with Crippen molar-refractivity contribution in [1.29, 1.82) is 0 Å². The number of aryl methyl sites for hydroxylation is 1. The monoisotopic (exact) mass is 209 g/mol. The van der Waals surface area contributed by atoms with Crippen LogP contribution in [0.1, 0.15) is 25.7 Å². The molecule has 2 unspecified atom stereocenters. The Kier molecular flexibility index (Phi) is 3.75. The molecule has 84 valence electrons. The largest absolute Gasteiger partial charge is 0.392 e. The van der Waals surface area contributed by atoms with Gasteiger partial charge in [0.05, 0.1) is 6.10 Å². The molecule has 0 radical (unpaired) electrons. The SMILES string of the molecule is OC1CCCC1NCCCn1cccn1. The lowest BCUT2D eigenvalue weighted by molar-refractivity contribution is 0.149. The Morgan fingerprint density at radius 1 is 1.47 bits per heavy atom. The van der Waals surface area contributed by atoms with E-state index in [0.29, 0.717) is 6.04 Å². The van der Waals surface area contributed by atoms with Crippen molar-refractivity contribution in [3.05, 3.63) is 18.5 Å². The summed E-state index contributed by atoms with van der Waals surface area (Å²) >= 11 is 0. The van der Waals surface area contributed by atoms with Crippen molar-refractivity contribution in [2.75, 3.05) is 6.54 Å². The lowest BCUT2D eigenvalue weighted by Gasteiger charge is -2.16. The van der Waals surface area contributed by atoms with Crippen LogP contribution in [0.15, 0.2) is 18.5 Å². The van der Waals surface area contributed by atoms with Gasteiger partial charge in [0.1, 0.15) is 0 Å². The fourth-order valence-corrected chi connectivity index (χ4v) is 2.14. The molecule has 1 fully saturated rings. The highest BCUT2D eigenvalue weighted by Crippen LogP contribution is 2.18. The molecule has 1 aromatic rings. The Hall–Kier alpha value is -0.870. The minimum Gasteiger partial charge on any atom is -0.392 e. The highest BCUT2D eigenvalue weighted by Gasteiger charge is 2.23. The summed E-state index contributed by atoms with van der Waals surface area (Å²) in [5.74, 6) is 0. The fraction of sp³-hybridized carbons (Fsp3) is 0.727. The third kappa shape index (κ3) is 3.04. The first kappa shape index (κ1) is 10.6. The fourth-order valence-electron chi connectivity index (χ4n) is 2.14. The number of rotatable bonds is 5. The zero-order valence-electron chi connectivity index (χ0n) is 8.97. The quantitative estimate of drug-likeness (QED) is 0.704. The molecular formula is C11H19N3O. The standard InChI is InChI=1S/C11H19N3O/c15-11-5-1-4-10(11)12-6-2-8-14-9-3-7-13-14/h3,7,9-12,15H,1-2,4-6,8H2. The van der Waals surface area contributed by atoms with E-state index in [1.165, 1.54) is 0 Å². The molecule has 2 rings (SSSR count). The van der Waals surface area contributed by atoms with Gasteiger partial charge in [0.15, 0.2) is 0 Å². The molecule has 0 spiro atoms. The van der Waals surface area contributed by atoms with E-state index in [-0.39, 0.29) is 6.10 Å². The van der Waals surface area contributed by atoms with Crippen LogP contribution >= 0.6 is 0 Å². The Labute approximate surface area is 90.3 Å². The van der Waals surface area contributed by atoms with E-state index in [2.05, 4.69) is 10.4 Å². The molecule has 4 nitrogen and oxygen atoms in total. The molecule has 0 aromatic carbocycles. The van der Waals surface area contributed by atoms with Gasteiger partial charge in [0.2, 0.25) is 0 Å². The van der Waals surface area contributed by atoms with E-state index < -0.39 is 0 Å². The average Bonchev–Trinajstić information content (AvgIpc) is 2.85. The maximum absolute atomic E-state index is 9.59. The van der Waals surface area contributed by atoms with Crippen LogP contribution in [0.4, 0.5) is 0 Å². The van der Waals surface area contributed by atoms with E-state index in [1.54, 1.807) is 6.20 Å². The van der Waals surface area contributed by atoms with Crippen molar-refractivity contribution in [3.63, 3.8) is 0 Å². The van der Waals surface area contributed by atoms with Gasteiger partial charge in [-0.15, -0.1) is 0 Å². The summed E-state index contributed by atoms with van der Waals surface area (Å²) in [5, 5.41) is 17.1. The first-order chi connectivity index (χ1) is 7.36. The highest BCUT2D eigenvalue weighted by molar-refractivity contribution is 4.82. The predicted octanol–water partition coefficient (Wildman–Crippen LogP) is 0.776. The molecule has 2 atom stereocenters. The van der Waals surface area contributed by atoms with Gasteiger partial charge < -0.3 is 10.4 Å². The van der Waals surface area contributed by atoms with Gasteiger partial charge >= 0.3 is 0 Å². The molecular weight excluding hydrogens is 190 g/mol. The number of nitrogens with zero attached hydrogens (tertiary/aromatic N) is 2. The number of aliphatic hydroxyl groups is 1. The summed E-state index contributed by atoms with van der Waals surface area (Å²) in [5.41, 5.74) is 0. The molecule has 0 saturated heterocycles. The molecule has 0 amide bonds. The normalized spacial score (nSPS) is 25.9. The van der Waals surface area contributed by atoms with Crippen LogP contribution in [0.3, 0.4) is 0 Å². The number of aliphatic hydroxyl groups excluding tert-OH is 1. The predicted molar refractivity (Wildman–Crippen MR) is 58.5 cm³/mol. The zero-order chi connectivity index (χ0) is 10.5. The van der Waals surface area contributed by atoms with Crippen LogP contribution < -0.4 is 5.32 Å². The van der Waals surface area contributed by atoms with Gasteiger partial charge in [0, 0.05) is 25.0 Å². The molecule has 1 aromatic heterocycles. The van der Waals surface area contributed by atoms with Crippen molar-refractivity contribution in [3.8, 4) is 0 Å². The van der Waals surface area contributed by atoms with Crippen LogP contribution in [-0.4, -0.2) is 33.6 Å². The van der Waals surface area contributed by atoms with Gasteiger partial charge in [-0.3, -0.25) is 4.68 Å². The molecule has 1 aliphatic rings. The van der Waals surface area contributed by atoms with Crippen LogP contribution in [0, 0.1) is 0 Å². The summed E-state index contributed by atoms with van der Waals surface area (Å²) in [4.78, 5) is 0. The first-order valence-electron chi connectivity index (χ1n) is 5.75. The number of aromatic nitrogens is 2. The van der Waals surface area contributed by atoms with Crippen molar-refractivity contribution in [2.45, 2.75) is 44.4 Å². The first-order valence-corrected chi connectivity index (χ1v) is 5.75. The lowest BCUT2D eigenvalue weighted by Crippen LogP contribution is -2.36. The Balaban J connectivity index is 1.59. The Morgan fingerprint density at radius 2 is 2.40 bits per heavy atom. The molecule has 2 N–H and O–H groups in total. The van der Waals surface area contributed by atoms with Gasteiger partial charge in [0.25, 0.3) is 0 Å². The number of hydrogen-bond acceptors (Lipinski definition) is 3. The van der Waals surface area contributed by atoms with E-state index in [4.69, 9.17) is 0 Å². The summed E-state index contributed by atoms with van der Waals surface area (Å²) in [6, 6.07) is 2.26. The van der Waals surface area contributed by atoms with Gasteiger partial charge in [-0.2, -0.15) is 5.10 Å². The summed E-state index contributed by atoms with van der Waals surface area (Å²) in [6.45, 7) is 1.91. The average molecular weight is 209 g/mol. The van der Waals surface area contributed by atoms with Crippen molar-refractivity contribution >= 4 is 0 Å². The Bertz CT molecular complexity index is 273. The maximum Gasteiger partial charge on any atom is 0.0693 e. The minimum atomic E-state index is -0.130. The molecule has 1 heterocycles. The molecule has 0 aliphatic heterocycles. The van der Waals surface area contributed by atoms with E-state index in [0.717, 1.165) is 38.8 Å². The molecule has 0 bridgehead atoms. The third-order valence-electron chi connectivity index (χ3n) is 3.01. The summed E-state index contributed by atoms with van der Waals surface area (Å²) in [6.07, 6.45) is 7.93. The van der Waals surface area contributed by atoms with Crippen molar-refractivity contribution in [1.82, 2.24) is 15.1 Å². The summed E-state index contributed by atoms with van der Waals surface area (Å²) < 4.78 is 1.94. The highest BCUT2D eigenvalue weighted by atomic mass is 16.3. The summed E-state index contributed by atoms with van der Waals surface area (Å²) in [7, 11) is 0. The smallest absolute Gasteiger partial charge is 0.0693 e. The molecule has 15 heavy (non-hydrogen) atoms. The van der Waals surface area contributed by atoms with Crippen molar-refractivity contribution in [2.24, 2.45) is 0 Å². The molecule has 1 saturated carbocycles. The molecule has 4 heteroatoms. The third-order valence-corrected chi connectivity index (χ3v) is 3.01. The lowest BCUT2D eigenvalue weighted by atomic mass is 10.2.